The van der Waals surface area contributed by atoms with Gasteiger partial charge in [0.25, 0.3) is 5.56 Å². The second-order valence-electron chi connectivity index (χ2n) is 6.61. The highest BCUT2D eigenvalue weighted by atomic mass is 35.5. The Hall–Kier alpha value is -3.58. The Morgan fingerprint density at radius 2 is 1.80 bits per heavy atom. The molecule has 0 saturated heterocycles. The van der Waals surface area contributed by atoms with Crippen molar-refractivity contribution < 1.29 is 19.4 Å². The number of carbonyl (C=O) groups is 2. The summed E-state index contributed by atoms with van der Waals surface area (Å²) in [5.41, 5.74) is 2.45. The minimum absolute atomic E-state index is 0.112. The zero-order chi connectivity index (χ0) is 21.8. The second-order valence-corrected chi connectivity index (χ2v) is 7.05. The minimum Gasteiger partial charge on any atom is -0.495 e. The van der Waals surface area contributed by atoms with Crippen LogP contribution in [-0.4, -0.2) is 28.7 Å². The summed E-state index contributed by atoms with van der Waals surface area (Å²) in [6.07, 6.45) is 1.48. The van der Waals surface area contributed by atoms with Crippen molar-refractivity contribution in [2.45, 2.75) is 13.5 Å². The minimum atomic E-state index is -1.05. The van der Waals surface area contributed by atoms with Crippen LogP contribution in [0.2, 0.25) is 5.02 Å². The lowest BCUT2D eigenvalue weighted by molar-refractivity contribution is -0.116. The van der Waals surface area contributed by atoms with Crippen LogP contribution in [-0.2, 0) is 11.3 Å². The van der Waals surface area contributed by atoms with Crippen LogP contribution in [0.3, 0.4) is 0 Å². The van der Waals surface area contributed by atoms with E-state index in [0.29, 0.717) is 22.0 Å². The number of ether oxygens (including phenoxy) is 1. The van der Waals surface area contributed by atoms with E-state index in [2.05, 4.69) is 5.32 Å². The Labute approximate surface area is 177 Å². The van der Waals surface area contributed by atoms with Gasteiger partial charge in [-0.3, -0.25) is 9.59 Å². The summed E-state index contributed by atoms with van der Waals surface area (Å²) in [5.74, 6) is -1.06. The van der Waals surface area contributed by atoms with Gasteiger partial charge in [-0.15, -0.1) is 0 Å². The highest BCUT2D eigenvalue weighted by Crippen LogP contribution is 2.32. The number of carboxylic acid groups (broad SMARTS) is 1. The number of pyridine rings is 1. The molecule has 0 aliphatic heterocycles. The van der Waals surface area contributed by atoms with Gasteiger partial charge in [-0.2, -0.15) is 0 Å². The fraction of sp³-hybridized carbons (Fsp3) is 0.136. The molecule has 0 spiro atoms. The molecule has 1 amide bonds. The molecule has 0 aliphatic rings. The predicted octanol–water partition coefficient (Wildman–Crippen LogP) is 3.82. The molecule has 8 heteroatoms. The molecule has 0 fully saturated rings. The maximum atomic E-state index is 12.6. The van der Waals surface area contributed by atoms with Crippen molar-refractivity contribution in [3.05, 3.63) is 81.2 Å². The molecule has 7 nitrogen and oxygen atoms in total. The Kier molecular flexibility index (Phi) is 6.23. The van der Waals surface area contributed by atoms with Crippen molar-refractivity contribution in [1.29, 1.82) is 0 Å². The van der Waals surface area contributed by atoms with Crippen LogP contribution in [0.25, 0.3) is 11.1 Å². The number of hydrogen-bond donors (Lipinski definition) is 2. The van der Waals surface area contributed by atoms with Crippen LogP contribution < -0.4 is 15.6 Å². The van der Waals surface area contributed by atoms with Gasteiger partial charge in [-0.05, 0) is 54.4 Å². The van der Waals surface area contributed by atoms with E-state index in [1.807, 2.05) is 13.0 Å². The highest BCUT2D eigenvalue weighted by Gasteiger charge is 2.14. The Morgan fingerprint density at radius 1 is 1.10 bits per heavy atom. The van der Waals surface area contributed by atoms with Gasteiger partial charge in [0.1, 0.15) is 12.3 Å². The van der Waals surface area contributed by atoms with Crippen LogP contribution in [0.4, 0.5) is 5.69 Å². The lowest BCUT2D eigenvalue weighted by Crippen LogP contribution is -2.27. The molecule has 30 heavy (non-hydrogen) atoms. The number of aromatic carboxylic acids is 1. The average molecular weight is 427 g/mol. The van der Waals surface area contributed by atoms with E-state index in [1.54, 1.807) is 12.1 Å². The first-order valence-electron chi connectivity index (χ1n) is 8.96. The first kappa shape index (κ1) is 21.1. The third kappa shape index (κ3) is 4.69. The molecule has 2 aromatic carbocycles. The lowest BCUT2D eigenvalue weighted by atomic mass is 10.0. The topological polar surface area (TPSA) is 97.6 Å². The van der Waals surface area contributed by atoms with E-state index >= 15 is 0 Å². The maximum Gasteiger partial charge on any atom is 0.335 e. The molecular formula is C22H19ClN2O5. The summed E-state index contributed by atoms with van der Waals surface area (Å²) < 4.78 is 6.67. The Morgan fingerprint density at radius 3 is 2.43 bits per heavy atom. The number of rotatable bonds is 6. The normalized spacial score (nSPS) is 10.5. The number of aromatic nitrogens is 1. The largest absolute Gasteiger partial charge is 0.495 e. The predicted molar refractivity (Wildman–Crippen MR) is 114 cm³/mol. The molecule has 154 valence electrons. The molecule has 3 aromatic rings. The zero-order valence-electron chi connectivity index (χ0n) is 16.3. The molecule has 0 atom stereocenters. The number of aryl methyl sites for hydroxylation is 1. The first-order chi connectivity index (χ1) is 14.3. The zero-order valence-corrected chi connectivity index (χ0v) is 17.1. The molecule has 0 saturated carbocycles. The van der Waals surface area contributed by atoms with Crippen molar-refractivity contribution in [1.82, 2.24) is 4.57 Å². The number of anilines is 1. The standard InChI is InChI=1S/C22H19ClN2O5/c1-13-3-6-15(23)9-17(13)18-10-21(27)25(11-19(18)30-2)12-20(26)24-16-7-4-14(5-8-16)22(28)29/h3-11H,12H2,1-2H3,(H,24,26)(H,28,29). The number of amides is 1. The van der Waals surface area contributed by atoms with Gasteiger partial charge in [0.15, 0.2) is 0 Å². The average Bonchev–Trinajstić information content (AvgIpc) is 2.71. The number of hydrogen-bond acceptors (Lipinski definition) is 4. The quantitative estimate of drug-likeness (QED) is 0.624. The molecule has 0 radical (unpaired) electrons. The molecule has 1 aromatic heterocycles. The fourth-order valence-electron chi connectivity index (χ4n) is 2.98. The molecule has 0 aliphatic carbocycles. The van der Waals surface area contributed by atoms with Gasteiger partial charge in [0.05, 0.1) is 18.9 Å². The second kappa shape index (κ2) is 8.84. The summed E-state index contributed by atoms with van der Waals surface area (Å²) in [7, 11) is 1.48. The van der Waals surface area contributed by atoms with Gasteiger partial charge in [-0.1, -0.05) is 17.7 Å². The van der Waals surface area contributed by atoms with E-state index in [0.717, 1.165) is 11.1 Å². The highest BCUT2D eigenvalue weighted by molar-refractivity contribution is 6.30. The van der Waals surface area contributed by atoms with E-state index in [4.69, 9.17) is 21.4 Å². The molecule has 3 rings (SSSR count). The van der Waals surface area contributed by atoms with Crippen LogP contribution in [0.15, 0.2) is 59.5 Å². The van der Waals surface area contributed by atoms with E-state index in [1.165, 1.54) is 48.2 Å². The molecule has 0 unspecified atom stereocenters. The summed E-state index contributed by atoms with van der Waals surface area (Å²) in [6.45, 7) is 1.67. The summed E-state index contributed by atoms with van der Waals surface area (Å²) in [6, 6.07) is 12.5. The number of halogens is 1. The number of carboxylic acids is 1. The van der Waals surface area contributed by atoms with Crippen molar-refractivity contribution in [3.8, 4) is 16.9 Å². The van der Waals surface area contributed by atoms with Crippen molar-refractivity contribution in [2.24, 2.45) is 0 Å². The third-order valence-corrected chi connectivity index (χ3v) is 4.76. The summed E-state index contributed by atoms with van der Waals surface area (Å²) in [4.78, 5) is 35.9. The lowest BCUT2D eigenvalue weighted by Gasteiger charge is -2.14. The number of nitrogens with one attached hydrogen (secondary N) is 1. The molecule has 2 N–H and O–H groups in total. The number of methoxy groups -OCH3 is 1. The Balaban J connectivity index is 1.84. The van der Waals surface area contributed by atoms with Crippen LogP contribution >= 0.6 is 11.6 Å². The summed E-state index contributed by atoms with van der Waals surface area (Å²) >= 11 is 6.10. The maximum absolute atomic E-state index is 12.6. The van der Waals surface area contributed by atoms with Crippen LogP contribution in [0.5, 0.6) is 5.75 Å². The van der Waals surface area contributed by atoms with Gasteiger partial charge >= 0.3 is 5.97 Å². The molecular weight excluding hydrogens is 408 g/mol. The fourth-order valence-corrected chi connectivity index (χ4v) is 3.16. The number of carbonyl (C=O) groups excluding carboxylic acids is 1. The van der Waals surface area contributed by atoms with E-state index in [9.17, 15) is 14.4 Å². The molecule has 1 heterocycles. The number of benzene rings is 2. The smallest absolute Gasteiger partial charge is 0.335 e. The van der Waals surface area contributed by atoms with Crippen LogP contribution in [0.1, 0.15) is 15.9 Å². The van der Waals surface area contributed by atoms with E-state index in [-0.39, 0.29) is 17.7 Å². The first-order valence-corrected chi connectivity index (χ1v) is 9.34. The van der Waals surface area contributed by atoms with E-state index < -0.39 is 11.9 Å². The van der Waals surface area contributed by atoms with Crippen LogP contribution in [0, 0.1) is 6.92 Å². The monoisotopic (exact) mass is 426 g/mol. The van der Waals surface area contributed by atoms with Gasteiger partial charge in [0, 0.05) is 22.3 Å². The van der Waals surface area contributed by atoms with Crippen molar-refractivity contribution in [3.63, 3.8) is 0 Å². The van der Waals surface area contributed by atoms with Gasteiger partial charge in [0.2, 0.25) is 5.91 Å². The Bertz CT molecular complexity index is 1170. The van der Waals surface area contributed by atoms with Gasteiger partial charge < -0.3 is 19.7 Å². The van der Waals surface area contributed by atoms with Gasteiger partial charge in [-0.25, -0.2) is 4.79 Å². The van der Waals surface area contributed by atoms with Crippen molar-refractivity contribution >= 4 is 29.2 Å². The SMILES string of the molecule is COc1cn(CC(=O)Nc2ccc(C(=O)O)cc2)c(=O)cc1-c1cc(Cl)ccc1C. The third-order valence-electron chi connectivity index (χ3n) is 4.53. The number of nitrogens with zero attached hydrogens (tertiary/aromatic N) is 1. The summed E-state index contributed by atoms with van der Waals surface area (Å²) in [5, 5.41) is 12.1. The molecule has 0 bridgehead atoms. The van der Waals surface area contributed by atoms with Crippen molar-refractivity contribution in [2.75, 3.05) is 12.4 Å².